The van der Waals surface area contributed by atoms with Gasteiger partial charge in [-0.3, -0.25) is 10.1 Å². The van der Waals surface area contributed by atoms with Crippen molar-refractivity contribution < 1.29 is 19.5 Å². The molecule has 0 aliphatic heterocycles. The van der Waals surface area contributed by atoms with Crippen molar-refractivity contribution in [2.24, 2.45) is 5.92 Å². The molecular formula is C16H17BrN2O4. The van der Waals surface area contributed by atoms with Gasteiger partial charge in [-0.05, 0) is 46.3 Å². The quantitative estimate of drug-likeness (QED) is 0.745. The van der Waals surface area contributed by atoms with Crippen LogP contribution < -0.4 is 5.32 Å². The summed E-state index contributed by atoms with van der Waals surface area (Å²) >= 11 is 3.36. The lowest BCUT2D eigenvalue weighted by Crippen LogP contribution is -2.12. The Bertz CT molecular complexity index is 766. The normalized spacial score (nSPS) is 14.3. The zero-order valence-electron chi connectivity index (χ0n) is 12.8. The van der Waals surface area contributed by atoms with Crippen molar-refractivity contribution in [3.63, 3.8) is 0 Å². The second-order valence-electron chi connectivity index (χ2n) is 6.02. The topological polar surface area (TPSA) is 95.6 Å². The number of anilines is 1. The third kappa shape index (κ3) is 3.06. The van der Waals surface area contributed by atoms with Crippen LogP contribution in [-0.2, 0) is 4.79 Å². The van der Waals surface area contributed by atoms with Crippen LogP contribution in [0.2, 0.25) is 0 Å². The van der Waals surface area contributed by atoms with Gasteiger partial charge in [-0.2, -0.15) is 0 Å². The van der Waals surface area contributed by atoms with Gasteiger partial charge in [0, 0.05) is 17.5 Å². The molecule has 1 aromatic carbocycles. The summed E-state index contributed by atoms with van der Waals surface area (Å²) in [5.74, 6) is 0.171. The molecule has 3 N–H and O–H groups in total. The lowest BCUT2D eigenvalue weighted by Gasteiger charge is -2.11. The summed E-state index contributed by atoms with van der Waals surface area (Å²) < 4.78 is 5.64. The predicted octanol–water partition coefficient (Wildman–Crippen LogP) is 3.99. The molecule has 1 aromatic heterocycles. The van der Waals surface area contributed by atoms with E-state index in [4.69, 9.17) is 4.52 Å². The van der Waals surface area contributed by atoms with Crippen molar-refractivity contribution in [1.82, 2.24) is 5.16 Å². The summed E-state index contributed by atoms with van der Waals surface area (Å²) in [4.78, 5) is 11.8. The molecule has 1 amide bonds. The molecule has 0 saturated heterocycles. The molecule has 0 bridgehead atoms. The molecule has 1 aliphatic rings. The van der Waals surface area contributed by atoms with Gasteiger partial charge in [0.1, 0.15) is 21.7 Å². The smallest absolute Gasteiger partial charge is 0.246 e. The van der Waals surface area contributed by atoms with Gasteiger partial charge in [0.25, 0.3) is 0 Å². The highest BCUT2D eigenvalue weighted by atomic mass is 79.9. The number of nitrogens with one attached hydrogen (secondary N) is 1. The van der Waals surface area contributed by atoms with Crippen molar-refractivity contribution in [1.29, 1.82) is 0 Å². The molecule has 0 unspecified atom stereocenters. The number of aromatic nitrogens is 1. The molecule has 0 radical (unpaired) electrons. The molecule has 1 saturated carbocycles. The van der Waals surface area contributed by atoms with E-state index in [-0.39, 0.29) is 35.1 Å². The molecule has 1 aliphatic carbocycles. The van der Waals surface area contributed by atoms with E-state index in [0.717, 1.165) is 12.8 Å². The first-order valence-electron chi connectivity index (χ1n) is 7.40. The minimum absolute atomic E-state index is 0.0307. The monoisotopic (exact) mass is 380 g/mol. The van der Waals surface area contributed by atoms with E-state index in [1.54, 1.807) is 6.07 Å². The molecule has 6 nitrogen and oxygen atoms in total. The summed E-state index contributed by atoms with van der Waals surface area (Å²) in [5, 5.41) is 26.7. The fourth-order valence-corrected chi connectivity index (χ4v) is 2.79. The summed E-state index contributed by atoms with van der Waals surface area (Å²) in [5.41, 5.74) is 1.49. The Kier molecular flexibility index (Phi) is 4.06. The number of halogens is 1. The first-order valence-corrected chi connectivity index (χ1v) is 8.20. The van der Waals surface area contributed by atoms with Crippen molar-refractivity contribution in [3.8, 4) is 22.8 Å². The van der Waals surface area contributed by atoms with Crippen LogP contribution in [-0.4, -0.2) is 21.3 Å². The maximum atomic E-state index is 11.8. The van der Waals surface area contributed by atoms with Gasteiger partial charge in [-0.15, -0.1) is 0 Å². The van der Waals surface area contributed by atoms with Crippen LogP contribution in [0.5, 0.6) is 11.5 Å². The zero-order chi connectivity index (χ0) is 16.7. The highest BCUT2D eigenvalue weighted by Crippen LogP contribution is 2.42. The molecule has 7 heteroatoms. The van der Waals surface area contributed by atoms with Crippen LogP contribution in [0.25, 0.3) is 11.3 Å². The van der Waals surface area contributed by atoms with Crippen LogP contribution >= 0.6 is 15.9 Å². The summed E-state index contributed by atoms with van der Waals surface area (Å²) in [7, 11) is 0. The SMILES string of the molecule is CC(C)c1cc(-c2noc(NC(=O)C3CC3)c2Br)c(O)cc1O. The van der Waals surface area contributed by atoms with E-state index in [2.05, 4.69) is 26.4 Å². The predicted molar refractivity (Wildman–Crippen MR) is 88.4 cm³/mol. The number of hydrogen-bond acceptors (Lipinski definition) is 5. The largest absolute Gasteiger partial charge is 0.508 e. The van der Waals surface area contributed by atoms with E-state index in [1.807, 2.05) is 13.8 Å². The van der Waals surface area contributed by atoms with E-state index in [0.29, 0.717) is 21.3 Å². The van der Waals surface area contributed by atoms with E-state index >= 15 is 0 Å². The number of phenols is 2. The number of hydrogen-bond donors (Lipinski definition) is 3. The Hall–Kier alpha value is -2.02. The van der Waals surface area contributed by atoms with Gasteiger partial charge in [-0.25, -0.2) is 0 Å². The third-order valence-corrected chi connectivity index (χ3v) is 4.58. The van der Waals surface area contributed by atoms with E-state index < -0.39 is 0 Å². The van der Waals surface area contributed by atoms with Gasteiger partial charge in [0.05, 0.1) is 0 Å². The highest BCUT2D eigenvalue weighted by molar-refractivity contribution is 9.10. The highest BCUT2D eigenvalue weighted by Gasteiger charge is 2.31. The molecular weight excluding hydrogens is 364 g/mol. The fraction of sp³-hybridized carbons (Fsp3) is 0.375. The molecule has 1 heterocycles. The number of rotatable bonds is 4. The van der Waals surface area contributed by atoms with E-state index in [1.165, 1.54) is 6.07 Å². The van der Waals surface area contributed by atoms with Crippen LogP contribution in [0.4, 0.5) is 5.88 Å². The molecule has 1 fully saturated rings. The summed E-state index contributed by atoms with van der Waals surface area (Å²) in [6.07, 6.45) is 1.78. The standard InChI is InChI=1S/C16H17BrN2O4/c1-7(2)9-5-10(12(21)6-11(9)20)14-13(17)16(23-19-14)18-15(22)8-3-4-8/h5-8,20-21H,3-4H2,1-2H3,(H,18,22). The van der Waals surface area contributed by atoms with Crippen molar-refractivity contribution in [3.05, 3.63) is 22.2 Å². The molecule has 0 spiro atoms. The number of amides is 1. The Morgan fingerprint density at radius 3 is 2.65 bits per heavy atom. The second-order valence-corrected chi connectivity index (χ2v) is 6.81. The Labute approximate surface area is 141 Å². The number of carbonyl (C=O) groups is 1. The number of carbonyl (C=O) groups excluding carboxylic acids is 1. The number of phenolic OH excluding ortho intramolecular Hbond substituents is 2. The average molecular weight is 381 g/mol. The van der Waals surface area contributed by atoms with Crippen LogP contribution in [0.3, 0.4) is 0 Å². The van der Waals surface area contributed by atoms with Crippen molar-refractivity contribution in [2.45, 2.75) is 32.6 Å². The first kappa shape index (κ1) is 15.9. The zero-order valence-corrected chi connectivity index (χ0v) is 14.3. The second kappa shape index (κ2) is 5.88. The lowest BCUT2D eigenvalue weighted by molar-refractivity contribution is -0.117. The minimum atomic E-state index is -0.110. The first-order chi connectivity index (χ1) is 10.9. The maximum absolute atomic E-state index is 11.8. The molecule has 2 aromatic rings. The average Bonchev–Trinajstić information content (AvgIpc) is 3.26. The molecule has 3 rings (SSSR count). The number of aromatic hydroxyl groups is 2. The van der Waals surface area contributed by atoms with Crippen LogP contribution in [0, 0.1) is 5.92 Å². The van der Waals surface area contributed by atoms with Gasteiger partial charge in [0.2, 0.25) is 11.8 Å². The Morgan fingerprint density at radius 2 is 2.04 bits per heavy atom. The Balaban J connectivity index is 1.97. The minimum Gasteiger partial charge on any atom is -0.508 e. The van der Waals surface area contributed by atoms with Gasteiger partial charge in [-0.1, -0.05) is 19.0 Å². The van der Waals surface area contributed by atoms with Crippen molar-refractivity contribution in [2.75, 3.05) is 5.32 Å². The summed E-state index contributed by atoms with van der Waals surface area (Å²) in [6, 6.07) is 2.96. The number of benzene rings is 1. The number of nitrogens with zero attached hydrogens (tertiary/aromatic N) is 1. The van der Waals surface area contributed by atoms with Crippen LogP contribution in [0.1, 0.15) is 38.2 Å². The fourth-order valence-electron chi connectivity index (χ4n) is 2.33. The lowest BCUT2D eigenvalue weighted by atomic mass is 9.97. The van der Waals surface area contributed by atoms with Gasteiger partial charge >= 0.3 is 0 Å². The van der Waals surface area contributed by atoms with Crippen molar-refractivity contribution >= 4 is 27.7 Å². The summed E-state index contributed by atoms with van der Waals surface area (Å²) in [6.45, 7) is 3.88. The Morgan fingerprint density at radius 1 is 1.35 bits per heavy atom. The van der Waals surface area contributed by atoms with Gasteiger partial charge < -0.3 is 14.7 Å². The van der Waals surface area contributed by atoms with Crippen LogP contribution in [0.15, 0.2) is 21.1 Å². The maximum Gasteiger partial charge on any atom is 0.246 e. The molecule has 23 heavy (non-hydrogen) atoms. The molecule has 0 atom stereocenters. The van der Waals surface area contributed by atoms with Gasteiger partial charge in [0.15, 0.2) is 0 Å². The third-order valence-electron chi connectivity index (χ3n) is 3.84. The van der Waals surface area contributed by atoms with E-state index in [9.17, 15) is 15.0 Å². The molecule has 122 valence electrons.